The van der Waals surface area contributed by atoms with Crippen molar-refractivity contribution in [2.75, 3.05) is 12.4 Å². The van der Waals surface area contributed by atoms with E-state index >= 15 is 0 Å². The van der Waals surface area contributed by atoms with Crippen LogP contribution in [0, 0.1) is 0 Å². The predicted molar refractivity (Wildman–Crippen MR) is 133 cm³/mol. The summed E-state index contributed by atoms with van der Waals surface area (Å²) in [6.45, 7) is -2.37. The molecule has 1 N–H and O–H groups in total. The summed E-state index contributed by atoms with van der Waals surface area (Å²) < 4.78 is 60.3. The minimum Gasteiger partial charge on any atom is -0.417 e. The van der Waals surface area contributed by atoms with Crippen LogP contribution in [0.15, 0.2) is 65.7 Å². The highest BCUT2D eigenvalue weighted by Crippen LogP contribution is 2.24. The maximum absolute atomic E-state index is 12.8. The average molecular weight is 541 g/mol. The van der Waals surface area contributed by atoms with E-state index in [1.807, 2.05) is 0 Å². The number of nitrogens with one attached hydrogen (secondary N) is 1. The summed E-state index contributed by atoms with van der Waals surface area (Å²) in [6.07, 6.45) is 2.00. The number of amides is 1. The van der Waals surface area contributed by atoms with Crippen molar-refractivity contribution in [1.82, 2.24) is 20.3 Å². The first kappa shape index (κ1) is 25.6. The standard InChI is InChI=1S/C26H22F2N4O5S/c27-26(28)37-24-4-1-3-20(32-24)21-8-7-17-13-29-19(12-22(17)31-21)14-30-25(33)16-5-6-18-15-36-9-2-10-38(34,35)23(18)11-16/h1,3-8,11-13,26H,2,9-10,14-15H2,(H,30,33). The third-order valence-corrected chi connectivity index (χ3v) is 7.76. The number of rotatable bonds is 6. The fourth-order valence-corrected chi connectivity index (χ4v) is 5.58. The number of carbonyl (C=O) groups is 1. The van der Waals surface area contributed by atoms with Gasteiger partial charge in [0.15, 0.2) is 9.84 Å². The Kier molecular flexibility index (Phi) is 7.25. The maximum atomic E-state index is 12.8. The summed E-state index contributed by atoms with van der Waals surface area (Å²) in [5.74, 6) is -0.707. The summed E-state index contributed by atoms with van der Waals surface area (Å²) >= 11 is 0. The molecule has 1 aliphatic rings. The van der Waals surface area contributed by atoms with Crippen LogP contribution in [-0.4, -0.2) is 48.2 Å². The van der Waals surface area contributed by atoms with Crippen LogP contribution in [0.3, 0.4) is 0 Å². The third kappa shape index (κ3) is 5.76. The van der Waals surface area contributed by atoms with Crippen molar-refractivity contribution in [3.8, 4) is 17.3 Å². The number of alkyl halides is 2. The lowest BCUT2D eigenvalue weighted by atomic mass is 10.1. The largest absolute Gasteiger partial charge is 0.417 e. The number of halogens is 2. The van der Waals surface area contributed by atoms with Gasteiger partial charge in [-0.2, -0.15) is 8.78 Å². The van der Waals surface area contributed by atoms with E-state index in [0.29, 0.717) is 41.2 Å². The number of sulfone groups is 1. The number of aromatic nitrogens is 3. The number of ether oxygens (including phenoxy) is 2. The highest BCUT2D eigenvalue weighted by atomic mass is 32.2. The van der Waals surface area contributed by atoms with Gasteiger partial charge in [-0.3, -0.25) is 9.78 Å². The van der Waals surface area contributed by atoms with Crippen LogP contribution in [0.5, 0.6) is 5.88 Å². The Morgan fingerprint density at radius 3 is 2.76 bits per heavy atom. The van der Waals surface area contributed by atoms with Crippen molar-refractivity contribution < 1.29 is 31.5 Å². The van der Waals surface area contributed by atoms with Crippen molar-refractivity contribution in [3.05, 3.63) is 77.6 Å². The molecule has 0 fully saturated rings. The Bertz CT molecular complexity index is 1610. The first-order chi connectivity index (χ1) is 18.3. The molecule has 0 atom stereocenters. The number of benzene rings is 1. The van der Waals surface area contributed by atoms with E-state index in [-0.39, 0.29) is 35.2 Å². The Balaban J connectivity index is 1.34. The molecule has 5 rings (SSSR count). The zero-order chi connectivity index (χ0) is 26.7. The molecule has 196 valence electrons. The Morgan fingerprint density at radius 1 is 1.08 bits per heavy atom. The maximum Gasteiger partial charge on any atom is 0.388 e. The van der Waals surface area contributed by atoms with Gasteiger partial charge in [-0.05, 0) is 48.4 Å². The zero-order valence-corrected chi connectivity index (χ0v) is 20.7. The molecule has 4 heterocycles. The van der Waals surface area contributed by atoms with Gasteiger partial charge in [0.25, 0.3) is 5.91 Å². The Labute approximate surface area is 216 Å². The van der Waals surface area contributed by atoms with Crippen LogP contribution in [0.4, 0.5) is 8.78 Å². The Hall–Kier alpha value is -4.03. The van der Waals surface area contributed by atoms with E-state index in [4.69, 9.17) is 4.74 Å². The molecule has 3 aromatic heterocycles. The fourth-order valence-electron chi connectivity index (χ4n) is 4.03. The molecule has 1 aliphatic heterocycles. The smallest absolute Gasteiger partial charge is 0.388 e. The number of hydrogen-bond acceptors (Lipinski definition) is 8. The van der Waals surface area contributed by atoms with Gasteiger partial charge in [0.05, 0.1) is 46.4 Å². The SMILES string of the molecule is O=C(NCc1cc2nc(-c3cccc(OC(F)F)n3)ccc2cn1)c1ccc2c(c1)S(=O)(=O)CCCOC2. The van der Waals surface area contributed by atoms with E-state index in [1.165, 1.54) is 12.1 Å². The van der Waals surface area contributed by atoms with Crippen molar-refractivity contribution in [3.63, 3.8) is 0 Å². The van der Waals surface area contributed by atoms with Crippen LogP contribution in [-0.2, 0) is 27.7 Å². The summed E-state index contributed by atoms with van der Waals surface area (Å²) in [5.41, 5.74) is 2.63. The minimum absolute atomic E-state index is 0.0415. The van der Waals surface area contributed by atoms with E-state index in [1.54, 1.807) is 48.7 Å². The van der Waals surface area contributed by atoms with Gasteiger partial charge in [-0.15, -0.1) is 0 Å². The summed E-state index contributed by atoms with van der Waals surface area (Å²) in [6, 6.07) is 14.2. The normalized spacial score (nSPS) is 14.9. The summed E-state index contributed by atoms with van der Waals surface area (Å²) in [4.78, 5) is 25.9. The van der Waals surface area contributed by atoms with Crippen molar-refractivity contribution in [2.24, 2.45) is 0 Å². The number of hydrogen-bond donors (Lipinski definition) is 1. The molecule has 9 nitrogen and oxygen atoms in total. The first-order valence-electron chi connectivity index (χ1n) is 11.7. The highest BCUT2D eigenvalue weighted by Gasteiger charge is 2.22. The van der Waals surface area contributed by atoms with Crippen LogP contribution in [0.2, 0.25) is 0 Å². The lowest BCUT2D eigenvalue weighted by molar-refractivity contribution is -0.0527. The topological polar surface area (TPSA) is 120 Å². The average Bonchev–Trinajstić information content (AvgIpc) is 2.90. The first-order valence-corrected chi connectivity index (χ1v) is 13.3. The van der Waals surface area contributed by atoms with Gasteiger partial charge in [-0.25, -0.2) is 18.4 Å². The zero-order valence-electron chi connectivity index (χ0n) is 19.9. The number of fused-ring (bicyclic) bond motifs is 2. The second-order valence-corrected chi connectivity index (χ2v) is 10.6. The molecular formula is C26H22F2N4O5S. The highest BCUT2D eigenvalue weighted by molar-refractivity contribution is 7.91. The van der Waals surface area contributed by atoms with Crippen molar-refractivity contribution in [2.45, 2.75) is 31.1 Å². The van der Waals surface area contributed by atoms with Gasteiger partial charge in [0, 0.05) is 29.8 Å². The van der Waals surface area contributed by atoms with Gasteiger partial charge in [-0.1, -0.05) is 12.1 Å². The van der Waals surface area contributed by atoms with E-state index in [9.17, 15) is 22.0 Å². The van der Waals surface area contributed by atoms with Crippen LogP contribution in [0.1, 0.15) is 28.0 Å². The Morgan fingerprint density at radius 2 is 1.92 bits per heavy atom. The molecule has 0 aliphatic carbocycles. The summed E-state index contributed by atoms with van der Waals surface area (Å²) in [7, 11) is -3.52. The van der Waals surface area contributed by atoms with Crippen LogP contribution < -0.4 is 10.1 Å². The number of nitrogens with zero attached hydrogens (tertiary/aromatic N) is 3. The minimum atomic E-state index is -3.52. The monoisotopic (exact) mass is 540 g/mol. The van der Waals surface area contributed by atoms with E-state index in [0.717, 1.165) is 5.39 Å². The number of carbonyl (C=O) groups excluding carboxylic acids is 1. The lowest BCUT2D eigenvalue weighted by Gasteiger charge is -2.16. The molecular weight excluding hydrogens is 518 g/mol. The molecule has 0 saturated carbocycles. The van der Waals surface area contributed by atoms with E-state index in [2.05, 4.69) is 25.0 Å². The quantitative estimate of drug-likeness (QED) is 0.391. The molecule has 1 aromatic carbocycles. The molecule has 0 radical (unpaired) electrons. The molecule has 4 aromatic rings. The van der Waals surface area contributed by atoms with Gasteiger partial charge in [0.2, 0.25) is 5.88 Å². The predicted octanol–water partition coefficient (Wildman–Crippen LogP) is 3.92. The fraction of sp³-hybridized carbons (Fsp3) is 0.231. The molecule has 0 unspecified atom stereocenters. The van der Waals surface area contributed by atoms with Gasteiger partial charge < -0.3 is 14.8 Å². The van der Waals surface area contributed by atoms with Crippen molar-refractivity contribution in [1.29, 1.82) is 0 Å². The molecule has 12 heteroatoms. The second-order valence-electron chi connectivity index (χ2n) is 8.53. The van der Waals surface area contributed by atoms with E-state index < -0.39 is 22.4 Å². The second kappa shape index (κ2) is 10.8. The molecule has 0 bridgehead atoms. The van der Waals surface area contributed by atoms with Gasteiger partial charge >= 0.3 is 6.61 Å². The lowest BCUT2D eigenvalue weighted by Crippen LogP contribution is -2.24. The number of pyridine rings is 3. The molecule has 1 amide bonds. The van der Waals surface area contributed by atoms with Crippen LogP contribution in [0.25, 0.3) is 22.3 Å². The summed E-state index contributed by atoms with van der Waals surface area (Å²) in [5, 5.41) is 3.49. The third-order valence-electron chi connectivity index (χ3n) is 5.88. The van der Waals surface area contributed by atoms with Gasteiger partial charge in [0.1, 0.15) is 0 Å². The molecule has 38 heavy (non-hydrogen) atoms. The molecule has 0 saturated heterocycles. The van der Waals surface area contributed by atoms with Crippen molar-refractivity contribution >= 4 is 26.6 Å². The van der Waals surface area contributed by atoms with Crippen LogP contribution >= 0.6 is 0 Å². The molecule has 0 spiro atoms.